The molecule has 0 bridgehead atoms. The van der Waals surface area contributed by atoms with Gasteiger partial charge in [-0.05, 0) is 36.6 Å². The monoisotopic (exact) mass is 462 g/mol. The molecule has 4 aromatic rings. The number of benzene rings is 1. The molecule has 0 saturated carbocycles. The molecule has 1 aromatic carbocycles. The number of aryl methyl sites for hydroxylation is 1. The number of aromatic nitrogens is 4. The van der Waals surface area contributed by atoms with E-state index in [-0.39, 0.29) is 5.56 Å². The smallest absolute Gasteiger partial charge is 0.261 e. The third-order valence-electron chi connectivity index (χ3n) is 7.24. The van der Waals surface area contributed by atoms with Crippen LogP contribution in [-0.2, 0) is 19.0 Å². The first-order valence-corrected chi connectivity index (χ1v) is 11.4. The topological polar surface area (TPSA) is 70.1 Å². The van der Waals surface area contributed by atoms with Gasteiger partial charge in [-0.1, -0.05) is 6.07 Å². The number of hydrogen-bond acceptors (Lipinski definition) is 5. The summed E-state index contributed by atoms with van der Waals surface area (Å²) in [4.78, 5) is 28.4. The van der Waals surface area contributed by atoms with Crippen molar-refractivity contribution >= 4 is 22.7 Å². The fourth-order valence-electron chi connectivity index (χ4n) is 5.56. The van der Waals surface area contributed by atoms with E-state index < -0.39 is 17.0 Å². The zero-order valence-electron chi connectivity index (χ0n) is 18.8. The molecular formula is C25H24F2N6O. The van der Waals surface area contributed by atoms with Gasteiger partial charge in [-0.15, -0.1) is 0 Å². The number of pyridine rings is 1. The number of rotatable bonds is 3. The van der Waals surface area contributed by atoms with E-state index in [1.807, 2.05) is 34.8 Å². The normalized spacial score (nSPS) is 17.0. The number of H-pyrrole nitrogens is 1. The molecule has 7 nitrogen and oxygen atoms in total. The van der Waals surface area contributed by atoms with Crippen molar-refractivity contribution < 1.29 is 8.78 Å². The molecule has 174 valence electrons. The van der Waals surface area contributed by atoms with E-state index in [1.54, 1.807) is 18.5 Å². The number of hydrogen-bond donors (Lipinski definition) is 1. The van der Waals surface area contributed by atoms with Crippen LogP contribution in [0.4, 0.5) is 20.4 Å². The highest BCUT2D eigenvalue weighted by Gasteiger charge is 2.47. The van der Waals surface area contributed by atoms with Gasteiger partial charge in [0, 0.05) is 74.5 Å². The molecule has 0 aliphatic carbocycles. The summed E-state index contributed by atoms with van der Waals surface area (Å²) in [6.45, 7) is 2.35. The molecule has 6 rings (SSSR count). The van der Waals surface area contributed by atoms with Crippen LogP contribution in [0.15, 0.2) is 53.7 Å². The number of fused-ring (bicyclic) bond motifs is 3. The Balaban J connectivity index is 1.31. The zero-order chi connectivity index (χ0) is 23.4. The van der Waals surface area contributed by atoms with Gasteiger partial charge in [0.2, 0.25) is 5.95 Å². The maximum atomic E-state index is 15.2. The van der Waals surface area contributed by atoms with Crippen LogP contribution in [0.2, 0.25) is 0 Å². The van der Waals surface area contributed by atoms with Crippen molar-refractivity contribution in [2.24, 2.45) is 7.05 Å². The molecule has 0 radical (unpaired) electrons. The Morgan fingerprint density at radius 2 is 2.00 bits per heavy atom. The van der Waals surface area contributed by atoms with Gasteiger partial charge >= 0.3 is 0 Å². The first-order chi connectivity index (χ1) is 16.4. The Kier molecular flexibility index (Phi) is 4.68. The number of anilines is 2. The quantitative estimate of drug-likeness (QED) is 0.505. The summed E-state index contributed by atoms with van der Waals surface area (Å²) in [5, 5.41) is 0.555. The highest BCUT2D eigenvalue weighted by molar-refractivity contribution is 5.76. The van der Waals surface area contributed by atoms with E-state index in [0.717, 1.165) is 11.6 Å². The van der Waals surface area contributed by atoms with Crippen molar-refractivity contribution in [1.82, 2.24) is 19.5 Å². The zero-order valence-corrected chi connectivity index (χ0v) is 18.8. The first kappa shape index (κ1) is 20.8. The van der Waals surface area contributed by atoms with Gasteiger partial charge in [-0.25, -0.2) is 8.78 Å². The summed E-state index contributed by atoms with van der Waals surface area (Å²) in [5.41, 5.74) is 2.24. The Labute approximate surface area is 194 Å². The third-order valence-corrected chi connectivity index (χ3v) is 7.24. The van der Waals surface area contributed by atoms with Crippen LogP contribution in [0.3, 0.4) is 0 Å². The van der Waals surface area contributed by atoms with Crippen molar-refractivity contribution in [3.8, 4) is 0 Å². The van der Waals surface area contributed by atoms with Gasteiger partial charge in [0.05, 0.1) is 5.39 Å². The summed E-state index contributed by atoms with van der Waals surface area (Å²) in [7, 11) is 1.86. The minimum Gasteiger partial charge on any atom is -0.366 e. The molecule has 1 fully saturated rings. The van der Waals surface area contributed by atoms with Gasteiger partial charge in [0.1, 0.15) is 17.3 Å². The largest absolute Gasteiger partial charge is 0.366 e. The molecule has 0 amide bonds. The van der Waals surface area contributed by atoms with E-state index >= 15 is 4.39 Å². The molecule has 2 aliphatic heterocycles. The van der Waals surface area contributed by atoms with Crippen molar-refractivity contribution in [3.05, 3.63) is 82.0 Å². The number of nitrogens with one attached hydrogen (secondary N) is 1. The average molecular weight is 463 g/mol. The van der Waals surface area contributed by atoms with Crippen LogP contribution in [0.1, 0.15) is 24.0 Å². The molecule has 2 aliphatic rings. The number of nitrogens with zero attached hydrogens (tertiary/aromatic N) is 5. The molecule has 3 aromatic heterocycles. The summed E-state index contributed by atoms with van der Waals surface area (Å²) >= 11 is 0. The Morgan fingerprint density at radius 3 is 2.76 bits per heavy atom. The Morgan fingerprint density at radius 1 is 1.18 bits per heavy atom. The minimum absolute atomic E-state index is 0.170. The average Bonchev–Trinajstić information content (AvgIpc) is 3.33. The first-order valence-electron chi connectivity index (χ1n) is 11.4. The summed E-state index contributed by atoms with van der Waals surface area (Å²) in [6, 6.07) is 8.02. The summed E-state index contributed by atoms with van der Waals surface area (Å²) in [6.07, 6.45) is 6.64. The lowest BCUT2D eigenvalue weighted by Crippen LogP contribution is -2.46. The van der Waals surface area contributed by atoms with E-state index in [1.165, 1.54) is 6.07 Å². The molecule has 34 heavy (non-hydrogen) atoms. The second kappa shape index (κ2) is 7.65. The van der Waals surface area contributed by atoms with E-state index in [2.05, 4.69) is 19.9 Å². The van der Waals surface area contributed by atoms with Gasteiger partial charge in [-0.3, -0.25) is 14.8 Å². The van der Waals surface area contributed by atoms with Crippen LogP contribution >= 0.6 is 0 Å². The molecule has 1 spiro atoms. The summed E-state index contributed by atoms with van der Waals surface area (Å²) < 4.78 is 31.2. The predicted octanol–water partition coefficient (Wildman–Crippen LogP) is 3.49. The van der Waals surface area contributed by atoms with Crippen molar-refractivity contribution in [2.75, 3.05) is 29.4 Å². The van der Waals surface area contributed by atoms with Crippen LogP contribution in [0, 0.1) is 11.6 Å². The number of piperidine rings is 1. The highest BCUT2D eigenvalue weighted by Crippen LogP contribution is 2.49. The number of aromatic amines is 1. The second-order valence-electron chi connectivity index (χ2n) is 9.32. The second-order valence-corrected chi connectivity index (χ2v) is 9.32. The standard InChI is InChI=1S/C25H24F2N6O/c1-31-8-4-18-22(31)29-24(30-23(18)34)32-9-5-25(6-10-32)15-33(14-16-3-2-7-28-13-16)20-12-17(26)11-19(27)21(20)25/h2-4,7-8,11-13H,5-6,9-10,14-15H2,1H3,(H,29,30,34). The van der Waals surface area contributed by atoms with Gasteiger partial charge in [0.15, 0.2) is 0 Å². The van der Waals surface area contributed by atoms with E-state index in [4.69, 9.17) is 0 Å². The molecule has 1 saturated heterocycles. The number of halogens is 2. The predicted molar refractivity (Wildman–Crippen MR) is 126 cm³/mol. The Hall–Kier alpha value is -3.75. The molecule has 1 N–H and O–H groups in total. The molecule has 9 heteroatoms. The van der Waals surface area contributed by atoms with Crippen molar-refractivity contribution in [1.29, 1.82) is 0 Å². The molecule has 0 atom stereocenters. The minimum atomic E-state index is -0.570. The fraction of sp³-hybridized carbons (Fsp3) is 0.320. The molecule has 5 heterocycles. The Bertz CT molecular complexity index is 1440. The maximum Gasteiger partial charge on any atom is 0.261 e. The van der Waals surface area contributed by atoms with Crippen LogP contribution in [0.5, 0.6) is 0 Å². The van der Waals surface area contributed by atoms with Gasteiger partial charge in [0.25, 0.3) is 5.56 Å². The van der Waals surface area contributed by atoms with Crippen molar-refractivity contribution in [2.45, 2.75) is 24.8 Å². The van der Waals surface area contributed by atoms with Gasteiger partial charge < -0.3 is 14.4 Å². The van der Waals surface area contributed by atoms with Crippen molar-refractivity contribution in [3.63, 3.8) is 0 Å². The van der Waals surface area contributed by atoms with Crippen LogP contribution in [0.25, 0.3) is 11.0 Å². The van der Waals surface area contributed by atoms with E-state index in [0.29, 0.717) is 67.3 Å². The third kappa shape index (κ3) is 3.26. The maximum absolute atomic E-state index is 15.2. The van der Waals surface area contributed by atoms with Crippen LogP contribution < -0.4 is 15.4 Å². The van der Waals surface area contributed by atoms with Crippen LogP contribution in [-0.4, -0.2) is 39.2 Å². The molecular weight excluding hydrogens is 438 g/mol. The summed E-state index contributed by atoms with van der Waals surface area (Å²) in [5.74, 6) is -0.535. The SMILES string of the molecule is Cn1ccc2c(=O)[nH]c(N3CCC4(CC3)CN(Cc3cccnc3)c3cc(F)cc(F)c34)nc21. The highest BCUT2D eigenvalue weighted by atomic mass is 19.1. The van der Waals surface area contributed by atoms with E-state index in [9.17, 15) is 9.18 Å². The fourth-order valence-corrected chi connectivity index (χ4v) is 5.56. The van der Waals surface area contributed by atoms with Gasteiger partial charge in [-0.2, -0.15) is 4.98 Å². The lowest BCUT2D eigenvalue weighted by molar-refractivity contribution is 0.337. The lowest BCUT2D eigenvalue weighted by Gasteiger charge is -2.40. The molecule has 0 unspecified atom stereocenters. The lowest BCUT2D eigenvalue weighted by atomic mass is 9.74.